The molecule has 1 heterocycles. The van der Waals surface area contributed by atoms with Gasteiger partial charge in [-0.05, 0) is 17.6 Å². The monoisotopic (exact) mass is 273 g/mol. The molecule has 1 aliphatic heterocycles. The summed E-state index contributed by atoms with van der Waals surface area (Å²) in [5, 5.41) is 9.09. The highest BCUT2D eigenvalue weighted by atomic mass is 16.5. The van der Waals surface area contributed by atoms with Gasteiger partial charge >= 0.3 is 0 Å². The molecule has 1 aromatic carbocycles. The lowest BCUT2D eigenvalue weighted by Gasteiger charge is -2.23. The first-order valence-corrected chi connectivity index (χ1v) is 6.91. The van der Waals surface area contributed by atoms with E-state index in [1.54, 1.807) is 0 Å². The minimum absolute atomic E-state index is 0.0839. The summed E-state index contributed by atoms with van der Waals surface area (Å²) in [6.07, 6.45) is 2.82. The Morgan fingerprint density at radius 3 is 2.90 bits per heavy atom. The van der Waals surface area contributed by atoms with Gasteiger partial charge in [-0.2, -0.15) is 5.48 Å². The summed E-state index contributed by atoms with van der Waals surface area (Å²) in [5.74, 6) is 2.10. The maximum atomic E-state index is 9.09. The zero-order valence-electron chi connectivity index (χ0n) is 11.5. The molecule has 106 valence electrons. The van der Waals surface area contributed by atoms with Crippen LogP contribution >= 0.6 is 0 Å². The Balaban J connectivity index is 1.71. The van der Waals surface area contributed by atoms with Gasteiger partial charge in [0.25, 0.3) is 0 Å². The van der Waals surface area contributed by atoms with E-state index < -0.39 is 0 Å². The molecule has 0 bridgehead atoms. The lowest BCUT2D eigenvalue weighted by molar-refractivity contribution is 0.113. The highest BCUT2D eigenvalue weighted by Crippen LogP contribution is 2.35. The van der Waals surface area contributed by atoms with Crippen molar-refractivity contribution in [1.82, 2.24) is 5.48 Å². The number of benzene rings is 1. The lowest BCUT2D eigenvalue weighted by Crippen LogP contribution is -2.30. The topological polar surface area (TPSA) is 50.7 Å². The maximum absolute atomic E-state index is 9.09. The minimum Gasteiger partial charge on any atom is -0.493 e. The molecule has 2 N–H and O–H groups in total. The Hall–Kier alpha value is -1.78. The fraction of sp³-hybridized carbons (Fsp3) is 0.375. The fourth-order valence-electron chi connectivity index (χ4n) is 2.66. The maximum Gasteiger partial charge on any atom is 0.123 e. The first kappa shape index (κ1) is 13.2. The second-order valence-corrected chi connectivity index (χ2v) is 5.31. The van der Waals surface area contributed by atoms with Crippen LogP contribution in [0.3, 0.4) is 0 Å². The van der Waals surface area contributed by atoms with Gasteiger partial charge in [0.2, 0.25) is 0 Å². The summed E-state index contributed by atoms with van der Waals surface area (Å²) in [4.78, 5) is 0. The molecule has 4 nitrogen and oxygen atoms in total. The van der Waals surface area contributed by atoms with Crippen LogP contribution in [0.5, 0.6) is 0 Å². The standard InChI is InChI=1S/C16H19NO3/c1-11-7-13-14(17-18)10-20-16(13)8-15(11)19-9-12-5-3-2-4-6-12/h2-6,8,11,14,17-18H,7,9-10H2,1H3/t11?,14-/m1/s1. The van der Waals surface area contributed by atoms with Crippen molar-refractivity contribution in [2.24, 2.45) is 5.92 Å². The normalized spacial score (nSPS) is 25.0. The van der Waals surface area contributed by atoms with Crippen LogP contribution in [-0.2, 0) is 16.1 Å². The van der Waals surface area contributed by atoms with Gasteiger partial charge in [0, 0.05) is 12.0 Å². The molecule has 4 heteroatoms. The van der Waals surface area contributed by atoms with Gasteiger partial charge < -0.3 is 14.7 Å². The van der Waals surface area contributed by atoms with Crippen LogP contribution in [-0.4, -0.2) is 17.9 Å². The second kappa shape index (κ2) is 5.69. The molecule has 0 amide bonds. The van der Waals surface area contributed by atoms with Crippen molar-refractivity contribution in [1.29, 1.82) is 0 Å². The summed E-state index contributed by atoms with van der Waals surface area (Å²) in [6, 6.07) is 10.0. The first-order chi connectivity index (χ1) is 9.78. The number of allylic oxidation sites excluding steroid dienone is 2. The van der Waals surface area contributed by atoms with Gasteiger partial charge in [-0.15, -0.1) is 0 Å². The van der Waals surface area contributed by atoms with E-state index in [0.29, 0.717) is 19.1 Å². The lowest BCUT2D eigenvalue weighted by atomic mass is 9.90. The number of hydrogen-bond donors (Lipinski definition) is 2. The number of rotatable bonds is 4. The molecule has 2 aliphatic rings. The van der Waals surface area contributed by atoms with E-state index in [1.807, 2.05) is 24.3 Å². The summed E-state index contributed by atoms with van der Waals surface area (Å²) < 4.78 is 11.5. The molecule has 20 heavy (non-hydrogen) atoms. The SMILES string of the molecule is CC1CC2=C(C=C1OCc1ccccc1)OC[C@H]2NO. The zero-order valence-corrected chi connectivity index (χ0v) is 11.5. The molecule has 1 aromatic rings. The second-order valence-electron chi connectivity index (χ2n) is 5.31. The molecule has 0 spiro atoms. The van der Waals surface area contributed by atoms with E-state index in [9.17, 15) is 0 Å². The van der Waals surface area contributed by atoms with Crippen LogP contribution in [0.1, 0.15) is 18.9 Å². The molecular weight excluding hydrogens is 254 g/mol. The van der Waals surface area contributed by atoms with Crippen LogP contribution in [0.15, 0.2) is 53.5 Å². The van der Waals surface area contributed by atoms with Crippen molar-refractivity contribution < 1.29 is 14.7 Å². The Morgan fingerprint density at radius 1 is 1.35 bits per heavy atom. The van der Waals surface area contributed by atoms with Gasteiger partial charge in [-0.3, -0.25) is 0 Å². The van der Waals surface area contributed by atoms with Crippen LogP contribution in [0, 0.1) is 5.92 Å². The number of hydroxylamine groups is 1. The molecule has 0 aromatic heterocycles. The molecule has 0 saturated heterocycles. The van der Waals surface area contributed by atoms with Crippen molar-refractivity contribution in [3.8, 4) is 0 Å². The van der Waals surface area contributed by atoms with Crippen LogP contribution < -0.4 is 5.48 Å². The van der Waals surface area contributed by atoms with Crippen molar-refractivity contribution in [3.05, 3.63) is 59.1 Å². The Bertz CT molecular complexity index is 536. The molecule has 1 unspecified atom stereocenters. The molecule has 2 atom stereocenters. The van der Waals surface area contributed by atoms with Crippen LogP contribution in [0.4, 0.5) is 0 Å². The Kier molecular flexibility index (Phi) is 3.76. The van der Waals surface area contributed by atoms with Gasteiger partial charge in [-0.25, -0.2) is 0 Å². The predicted molar refractivity (Wildman–Crippen MR) is 74.8 cm³/mol. The van der Waals surface area contributed by atoms with Gasteiger partial charge in [-0.1, -0.05) is 37.3 Å². The highest BCUT2D eigenvalue weighted by molar-refractivity contribution is 5.35. The minimum atomic E-state index is -0.0839. The highest BCUT2D eigenvalue weighted by Gasteiger charge is 2.32. The van der Waals surface area contributed by atoms with Crippen molar-refractivity contribution in [2.75, 3.05) is 6.61 Å². The van der Waals surface area contributed by atoms with Crippen molar-refractivity contribution >= 4 is 0 Å². The van der Waals surface area contributed by atoms with Crippen molar-refractivity contribution in [2.45, 2.75) is 26.0 Å². The third kappa shape index (κ3) is 2.57. The van der Waals surface area contributed by atoms with Gasteiger partial charge in [0.05, 0.1) is 6.04 Å². The number of hydrogen-bond acceptors (Lipinski definition) is 4. The summed E-state index contributed by atoms with van der Waals surface area (Å²) in [5.41, 5.74) is 4.59. The molecule has 1 aliphatic carbocycles. The quantitative estimate of drug-likeness (QED) is 0.828. The average Bonchev–Trinajstić information content (AvgIpc) is 2.87. The van der Waals surface area contributed by atoms with Gasteiger partial charge in [0.1, 0.15) is 24.7 Å². The van der Waals surface area contributed by atoms with Crippen LogP contribution in [0.25, 0.3) is 0 Å². The average molecular weight is 273 g/mol. The Labute approximate surface area is 118 Å². The summed E-state index contributed by atoms with van der Waals surface area (Å²) in [7, 11) is 0. The Morgan fingerprint density at radius 2 is 2.15 bits per heavy atom. The van der Waals surface area contributed by atoms with E-state index >= 15 is 0 Å². The van der Waals surface area contributed by atoms with Gasteiger partial charge in [0.15, 0.2) is 0 Å². The van der Waals surface area contributed by atoms with Crippen LogP contribution in [0.2, 0.25) is 0 Å². The molecule has 3 rings (SSSR count). The fourth-order valence-corrected chi connectivity index (χ4v) is 2.66. The molecule has 0 fully saturated rings. The number of nitrogens with one attached hydrogen (secondary N) is 1. The molecule has 0 saturated carbocycles. The summed E-state index contributed by atoms with van der Waals surface area (Å²) >= 11 is 0. The van der Waals surface area contributed by atoms with E-state index in [1.165, 1.54) is 0 Å². The third-order valence-electron chi connectivity index (χ3n) is 3.83. The van der Waals surface area contributed by atoms with E-state index in [-0.39, 0.29) is 6.04 Å². The zero-order chi connectivity index (χ0) is 13.9. The van der Waals surface area contributed by atoms with E-state index in [4.69, 9.17) is 14.7 Å². The molecule has 0 radical (unpaired) electrons. The van der Waals surface area contributed by atoms with E-state index in [2.05, 4.69) is 24.5 Å². The summed E-state index contributed by atoms with van der Waals surface area (Å²) in [6.45, 7) is 3.19. The number of ether oxygens (including phenoxy) is 2. The predicted octanol–water partition coefficient (Wildman–Crippen LogP) is 2.76. The molecular formula is C16H19NO3. The van der Waals surface area contributed by atoms with Crippen molar-refractivity contribution in [3.63, 3.8) is 0 Å². The third-order valence-corrected chi connectivity index (χ3v) is 3.83. The van der Waals surface area contributed by atoms with E-state index in [0.717, 1.165) is 29.1 Å². The largest absolute Gasteiger partial charge is 0.493 e. The smallest absolute Gasteiger partial charge is 0.123 e. The first-order valence-electron chi connectivity index (χ1n) is 6.91.